The number of pyridine rings is 1. The summed E-state index contributed by atoms with van der Waals surface area (Å²) in [6.45, 7) is 11.8. The van der Waals surface area contributed by atoms with E-state index in [2.05, 4.69) is 55.0 Å². The monoisotopic (exact) mass is 499 g/mol. The molecule has 4 heterocycles. The molecular weight excluding hydrogens is 466 g/mol. The van der Waals surface area contributed by atoms with Gasteiger partial charge in [0.15, 0.2) is 5.69 Å². The van der Waals surface area contributed by atoms with E-state index in [1.54, 1.807) is 6.20 Å². The topological polar surface area (TPSA) is 98.7 Å². The van der Waals surface area contributed by atoms with Gasteiger partial charge in [-0.2, -0.15) is 5.10 Å². The number of carbonyl (C=O) groups is 1. The van der Waals surface area contributed by atoms with E-state index in [1.807, 2.05) is 36.5 Å². The number of morpholine rings is 1. The number of H-pyrrole nitrogens is 1. The van der Waals surface area contributed by atoms with Crippen LogP contribution in [0.15, 0.2) is 59.5 Å². The first-order chi connectivity index (χ1) is 18.1. The van der Waals surface area contributed by atoms with Crippen molar-refractivity contribution in [1.29, 1.82) is 0 Å². The van der Waals surface area contributed by atoms with Crippen LogP contribution in [-0.2, 0) is 11.3 Å². The third-order valence-electron chi connectivity index (χ3n) is 6.86. The van der Waals surface area contributed by atoms with Crippen molar-refractivity contribution in [1.82, 2.24) is 25.0 Å². The van der Waals surface area contributed by atoms with Crippen LogP contribution in [0, 0.1) is 0 Å². The summed E-state index contributed by atoms with van der Waals surface area (Å²) in [5, 5.41) is 11.0. The van der Waals surface area contributed by atoms with E-state index >= 15 is 0 Å². The molecule has 2 fully saturated rings. The number of nitrogens with one attached hydrogen (secondary N) is 2. The van der Waals surface area contributed by atoms with Crippen LogP contribution in [-0.4, -0.2) is 77.0 Å². The molecule has 3 aromatic rings. The van der Waals surface area contributed by atoms with Gasteiger partial charge in [-0.15, -0.1) is 0 Å². The Bertz CT molecular complexity index is 1310. The van der Waals surface area contributed by atoms with E-state index in [1.165, 1.54) is 12.8 Å². The van der Waals surface area contributed by atoms with Crippen LogP contribution in [0.2, 0.25) is 0 Å². The number of aliphatic imine (C=N–C) groups is 1. The second-order valence-corrected chi connectivity index (χ2v) is 9.47. The van der Waals surface area contributed by atoms with Crippen LogP contribution in [0.4, 0.5) is 5.69 Å². The molecule has 9 nitrogen and oxygen atoms in total. The fourth-order valence-electron chi connectivity index (χ4n) is 4.79. The number of ether oxygens (including phenoxy) is 1. The van der Waals surface area contributed by atoms with E-state index in [0.717, 1.165) is 79.4 Å². The van der Waals surface area contributed by atoms with Crippen molar-refractivity contribution >= 4 is 34.8 Å². The Morgan fingerprint density at radius 2 is 2.00 bits per heavy atom. The number of anilines is 1. The van der Waals surface area contributed by atoms with Crippen molar-refractivity contribution in [3.05, 3.63) is 71.5 Å². The van der Waals surface area contributed by atoms with Crippen molar-refractivity contribution in [3.8, 4) is 0 Å². The summed E-state index contributed by atoms with van der Waals surface area (Å²) in [5.41, 5.74) is 5.92. The lowest BCUT2D eigenvalue weighted by Crippen LogP contribution is -2.35. The maximum atomic E-state index is 13.1. The minimum absolute atomic E-state index is 0.277. The Labute approximate surface area is 216 Å². The lowest BCUT2D eigenvalue weighted by molar-refractivity contribution is 0.0336. The Morgan fingerprint density at radius 1 is 1.19 bits per heavy atom. The number of amides is 1. The van der Waals surface area contributed by atoms with Crippen molar-refractivity contribution < 1.29 is 9.53 Å². The molecule has 0 bridgehead atoms. The van der Waals surface area contributed by atoms with Crippen LogP contribution in [0.3, 0.4) is 0 Å². The van der Waals surface area contributed by atoms with Crippen LogP contribution < -0.4 is 5.32 Å². The van der Waals surface area contributed by atoms with E-state index in [0.29, 0.717) is 11.4 Å². The number of hydrogen-bond acceptors (Lipinski definition) is 7. The van der Waals surface area contributed by atoms with Gasteiger partial charge in [-0.1, -0.05) is 6.07 Å². The fourth-order valence-corrected chi connectivity index (χ4v) is 4.79. The molecule has 2 N–H and O–H groups in total. The quantitative estimate of drug-likeness (QED) is 0.358. The number of fused-ring (bicyclic) bond motifs is 1. The summed E-state index contributed by atoms with van der Waals surface area (Å²) in [5.74, 6) is -0.277. The van der Waals surface area contributed by atoms with Gasteiger partial charge < -0.3 is 15.0 Å². The van der Waals surface area contributed by atoms with Crippen molar-refractivity contribution in [2.75, 3.05) is 44.7 Å². The summed E-state index contributed by atoms with van der Waals surface area (Å²) < 4.78 is 5.40. The highest BCUT2D eigenvalue weighted by atomic mass is 16.5. The van der Waals surface area contributed by atoms with Crippen molar-refractivity contribution in [2.45, 2.75) is 26.3 Å². The second kappa shape index (κ2) is 11.5. The number of aromatic amines is 1. The van der Waals surface area contributed by atoms with Gasteiger partial charge in [-0.3, -0.25) is 24.8 Å². The molecule has 0 atom stereocenters. The number of hydrogen-bond donors (Lipinski definition) is 2. The number of benzene rings is 1. The molecule has 192 valence electrons. The molecular formula is C28H33N7O2. The third-order valence-corrected chi connectivity index (χ3v) is 6.86. The number of allylic oxidation sites excluding steroid dienone is 2. The van der Waals surface area contributed by atoms with Crippen molar-refractivity contribution in [2.24, 2.45) is 4.99 Å². The second-order valence-electron chi connectivity index (χ2n) is 9.47. The highest BCUT2D eigenvalue weighted by Gasteiger charge is 2.17. The molecule has 37 heavy (non-hydrogen) atoms. The van der Waals surface area contributed by atoms with Gasteiger partial charge in [-0.05, 0) is 68.0 Å². The van der Waals surface area contributed by atoms with Gasteiger partial charge >= 0.3 is 0 Å². The van der Waals surface area contributed by atoms with Crippen LogP contribution in [0.5, 0.6) is 0 Å². The first-order valence-corrected chi connectivity index (χ1v) is 12.7. The number of rotatable bonds is 8. The van der Waals surface area contributed by atoms with Gasteiger partial charge in [0.2, 0.25) is 0 Å². The Balaban J connectivity index is 1.31. The van der Waals surface area contributed by atoms with E-state index < -0.39 is 0 Å². The number of nitrogens with zero attached hydrogens (tertiary/aromatic N) is 5. The minimum atomic E-state index is -0.277. The van der Waals surface area contributed by atoms with E-state index in [-0.39, 0.29) is 5.91 Å². The Hall–Kier alpha value is -3.82. The predicted molar refractivity (Wildman–Crippen MR) is 146 cm³/mol. The van der Waals surface area contributed by atoms with Crippen LogP contribution in [0.25, 0.3) is 16.5 Å². The molecule has 2 saturated heterocycles. The lowest BCUT2D eigenvalue weighted by atomic mass is 10.0. The van der Waals surface area contributed by atoms with Gasteiger partial charge in [0.25, 0.3) is 5.91 Å². The normalized spacial score (nSPS) is 17.4. The first kappa shape index (κ1) is 24.9. The summed E-state index contributed by atoms with van der Waals surface area (Å²) in [7, 11) is 0. The predicted octanol–water partition coefficient (Wildman–Crippen LogP) is 4.08. The summed E-state index contributed by atoms with van der Waals surface area (Å²) in [4.78, 5) is 26.3. The molecule has 9 heteroatoms. The van der Waals surface area contributed by atoms with Crippen LogP contribution >= 0.6 is 0 Å². The smallest absolute Gasteiger partial charge is 0.276 e. The average Bonchev–Trinajstić information content (AvgIpc) is 3.60. The molecule has 0 unspecified atom stereocenters. The number of aromatic nitrogens is 3. The molecule has 0 saturated carbocycles. The lowest BCUT2D eigenvalue weighted by Gasteiger charge is -2.26. The number of likely N-dealkylation sites (tertiary alicyclic amines) is 1. The van der Waals surface area contributed by atoms with Gasteiger partial charge in [0, 0.05) is 44.3 Å². The molecule has 1 aromatic carbocycles. The maximum Gasteiger partial charge on any atom is 0.276 e. The average molecular weight is 500 g/mol. The number of carbonyl (C=O) groups excluding carboxylic acids is 1. The van der Waals surface area contributed by atoms with E-state index in [9.17, 15) is 4.79 Å². The molecule has 1 amide bonds. The molecule has 0 spiro atoms. The third kappa shape index (κ3) is 5.95. The van der Waals surface area contributed by atoms with Gasteiger partial charge in [-0.25, -0.2) is 0 Å². The van der Waals surface area contributed by atoms with Crippen LogP contribution in [0.1, 0.15) is 41.5 Å². The highest BCUT2D eigenvalue weighted by Crippen LogP contribution is 2.26. The minimum Gasteiger partial charge on any atom is -0.379 e. The summed E-state index contributed by atoms with van der Waals surface area (Å²) in [6.07, 6.45) is 8.01. The van der Waals surface area contributed by atoms with Gasteiger partial charge in [0.05, 0.1) is 42.0 Å². The zero-order chi connectivity index (χ0) is 25.6. The van der Waals surface area contributed by atoms with E-state index in [4.69, 9.17) is 4.74 Å². The zero-order valence-corrected chi connectivity index (χ0v) is 21.2. The molecule has 2 aliphatic rings. The first-order valence-electron chi connectivity index (χ1n) is 12.7. The largest absolute Gasteiger partial charge is 0.379 e. The highest BCUT2D eigenvalue weighted by molar-refractivity contribution is 6.11. The zero-order valence-electron chi connectivity index (χ0n) is 21.2. The molecule has 0 radical (unpaired) electrons. The SMILES string of the molecule is C=N/C=C(\C=C(/C)c1ccc2[nH]nc(C(=O)Nc3ccc(CN4CCOCC4)nc3)c2c1)N1CCCC1. The summed E-state index contributed by atoms with van der Waals surface area (Å²) >= 11 is 0. The molecule has 0 aliphatic carbocycles. The maximum absolute atomic E-state index is 13.1. The molecule has 2 aliphatic heterocycles. The fraction of sp³-hybridized carbons (Fsp3) is 0.357. The van der Waals surface area contributed by atoms with Gasteiger partial charge in [0.1, 0.15) is 0 Å². The summed E-state index contributed by atoms with van der Waals surface area (Å²) in [6, 6.07) is 9.83. The Morgan fingerprint density at radius 3 is 2.73 bits per heavy atom. The standard InChI is InChI=1S/C28H33N7O2/c1-20(15-24(18-29-2)35-9-3-4-10-35)21-5-8-26-25(16-21)27(33-32-26)28(36)31-22-6-7-23(30-17-22)19-34-11-13-37-14-12-34/h5-8,15-18H,2-4,9-14,19H2,1H3,(H,31,36)(H,32,33)/b20-15+,24-18+. The molecule has 5 rings (SSSR count). The Kier molecular flexibility index (Phi) is 7.72. The van der Waals surface area contributed by atoms with Crippen molar-refractivity contribution in [3.63, 3.8) is 0 Å². The molecule has 2 aromatic heterocycles.